The summed E-state index contributed by atoms with van der Waals surface area (Å²) >= 11 is 0. The lowest BCUT2D eigenvalue weighted by molar-refractivity contribution is 0.591. The molecule has 0 aliphatic rings. The molecular formula is C13H22N2O2S. The molecule has 4 nitrogen and oxygen atoms in total. The normalized spacial score (nSPS) is 11.3. The van der Waals surface area contributed by atoms with Crippen LogP contribution in [0.2, 0.25) is 0 Å². The zero-order chi connectivity index (χ0) is 13.8. The van der Waals surface area contributed by atoms with Crippen LogP contribution in [-0.4, -0.2) is 28.3 Å². The number of hydrogen-bond donors (Lipinski definition) is 1. The lowest BCUT2D eigenvalue weighted by atomic mass is 10.2. The van der Waals surface area contributed by atoms with Crippen LogP contribution >= 0.6 is 0 Å². The maximum absolute atomic E-state index is 12.1. The van der Waals surface area contributed by atoms with Gasteiger partial charge in [-0.15, -0.1) is 0 Å². The van der Waals surface area contributed by atoms with Crippen molar-refractivity contribution in [3.05, 3.63) is 23.8 Å². The first-order valence-corrected chi connectivity index (χ1v) is 7.78. The first kappa shape index (κ1) is 14.8. The van der Waals surface area contributed by atoms with Crippen LogP contribution < -0.4 is 9.62 Å². The smallest absolute Gasteiger partial charge is 0.234 e. The van der Waals surface area contributed by atoms with E-state index in [-0.39, 0.29) is 5.75 Å². The summed E-state index contributed by atoms with van der Waals surface area (Å²) in [6.07, 6.45) is 1.57. The van der Waals surface area contributed by atoms with Gasteiger partial charge in [0.2, 0.25) is 10.0 Å². The second kappa shape index (κ2) is 6.09. The SMILES string of the molecule is CCCCS(=O)(=O)N(C)c1ccc(C)c(NC)c1. The quantitative estimate of drug-likeness (QED) is 0.864. The first-order valence-electron chi connectivity index (χ1n) is 6.17. The number of unbranched alkanes of at least 4 members (excludes halogenated alkanes) is 1. The molecule has 102 valence electrons. The Kier molecular flexibility index (Phi) is 5.02. The van der Waals surface area contributed by atoms with Gasteiger partial charge in [0.25, 0.3) is 0 Å². The van der Waals surface area contributed by atoms with Gasteiger partial charge in [-0.3, -0.25) is 4.31 Å². The van der Waals surface area contributed by atoms with Gasteiger partial charge in [0.1, 0.15) is 0 Å². The highest BCUT2D eigenvalue weighted by Gasteiger charge is 2.18. The number of anilines is 2. The topological polar surface area (TPSA) is 49.4 Å². The fourth-order valence-corrected chi connectivity index (χ4v) is 3.06. The summed E-state index contributed by atoms with van der Waals surface area (Å²) < 4.78 is 25.5. The second-order valence-corrected chi connectivity index (χ2v) is 6.51. The molecule has 0 radical (unpaired) electrons. The lowest BCUT2D eigenvalue weighted by Crippen LogP contribution is -2.29. The van der Waals surface area contributed by atoms with E-state index >= 15 is 0 Å². The van der Waals surface area contributed by atoms with Crippen LogP contribution in [-0.2, 0) is 10.0 Å². The van der Waals surface area contributed by atoms with E-state index in [0.29, 0.717) is 12.1 Å². The molecule has 0 atom stereocenters. The third kappa shape index (κ3) is 3.38. The van der Waals surface area contributed by atoms with Crippen molar-refractivity contribution in [2.45, 2.75) is 26.7 Å². The number of hydrogen-bond acceptors (Lipinski definition) is 3. The molecule has 0 saturated heterocycles. The molecule has 0 fully saturated rings. The van der Waals surface area contributed by atoms with Crippen LogP contribution in [0.25, 0.3) is 0 Å². The molecule has 0 saturated carbocycles. The monoisotopic (exact) mass is 270 g/mol. The van der Waals surface area contributed by atoms with Crippen LogP contribution in [0.4, 0.5) is 11.4 Å². The fourth-order valence-electron chi connectivity index (χ4n) is 1.70. The third-order valence-corrected chi connectivity index (χ3v) is 4.88. The molecule has 0 aliphatic heterocycles. The van der Waals surface area contributed by atoms with Gasteiger partial charge >= 0.3 is 0 Å². The highest BCUT2D eigenvalue weighted by Crippen LogP contribution is 2.24. The van der Waals surface area contributed by atoms with Crippen LogP contribution in [0.5, 0.6) is 0 Å². The van der Waals surface area contributed by atoms with E-state index in [0.717, 1.165) is 17.7 Å². The van der Waals surface area contributed by atoms with Crippen molar-refractivity contribution < 1.29 is 8.42 Å². The predicted molar refractivity (Wildman–Crippen MR) is 77.8 cm³/mol. The fraction of sp³-hybridized carbons (Fsp3) is 0.538. The molecule has 1 N–H and O–H groups in total. The van der Waals surface area contributed by atoms with Crippen molar-refractivity contribution in [2.24, 2.45) is 0 Å². The Morgan fingerprint density at radius 1 is 1.33 bits per heavy atom. The van der Waals surface area contributed by atoms with Gasteiger partial charge in [-0.1, -0.05) is 19.4 Å². The lowest BCUT2D eigenvalue weighted by Gasteiger charge is -2.20. The highest BCUT2D eigenvalue weighted by molar-refractivity contribution is 7.92. The molecule has 0 aromatic heterocycles. The van der Waals surface area contributed by atoms with E-state index in [1.807, 2.05) is 39.1 Å². The highest BCUT2D eigenvalue weighted by atomic mass is 32.2. The van der Waals surface area contributed by atoms with Gasteiger partial charge < -0.3 is 5.32 Å². The molecule has 0 unspecified atom stereocenters. The molecule has 0 bridgehead atoms. The van der Waals surface area contributed by atoms with Gasteiger partial charge in [-0.05, 0) is 31.0 Å². The van der Waals surface area contributed by atoms with Crippen molar-refractivity contribution >= 4 is 21.4 Å². The van der Waals surface area contributed by atoms with E-state index < -0.39 is 10.0 Å². The Hall–Kier alpha value is -1.23. The van der Waals surface area contributed by atoms with Crippen molar-refractivity contribution in [1.82, 2.24) is 0 Å². The molecule has 5 heteroatoms. The van der Waals surface area contributed by atoms with Gasteiger partial charge in [0, 0.05) is 19.8 Å². The summed E-state index contributed by atoms with van der Waals surface area (Å²) in [4.78, 5) is 0. The molecule has 1 aromatic rings. The van der Waals surface area contributed by atoms with Crippen LogP contribution in [0, 0.1) is 6.92 Å². The van der Waals surface area contributed by atoms with Gasteiger partial charge in [0.05, 0.1) is 11.4 Å². The molecule has 1 rings (SSSR count). The van der Waals surface area contributed by atoms with Crippen molar-refractivity contribution in [3.8, 4) is 0 Å². The summed E-state index contributed by atoms with van der Waals surface area (Å²) in [5.41, 5.74) is 2.74. The average molecular weight is 270 g/mol. The number of sulfonamides is 1. The Balaban J connectivity index is 3.00. The Morgan fingerprint density at radius 3 is 2.56 bits per heavy atom. The summed E-state index contributed by atoms with van der Waals surface area (Å²) in [6.45, 7) is 3.97. The Morgan fingerprint density at radius 2 is 2.00 bits per heavy atom. The molecule has 0 amide bonds. The molecule has 18 heavy (non-hydrogen) atoms. The Bertz CT molecular complexity index is 498. The summed E-state index contributed by atoms with van der Waals surface area (Å²) in [7, 11) is 0.230. The molecular weight excluding hydrogens is 248 g/mol. The number of benzene rings is 1. The van der Waals surface area contributed by atoms with Gasteiger partial charge in [-0.2, -0.15) is 0 Å². The summed E-state index contributed by atoms with van der Waals surface area (Å²) in [6, 6.07) is 5.62. The number of nitrogens with zero attached hydrogens (tertiary/aromatic N) is 1. The minimum atomic E-state index is -3.21. The van der Waals surface area contributed by atoms with Crippen molar-refractivity contribution in [2.75, 3.05) is 29.5 Å². The average Bonchev–Trinajstić information content (AvgIpc) is 2.36. The van der Waals surface area contributed by atoms with Crippen LogP contribution in [0.1, 0.15) is 25.3 Å². The Labute approximate surface area is 110 Å². The van der Waals surface area contributed by atoms with Crippen molar-refractivity contribution in [3.63, 3.8) is 0 Å². The predicted octanol–water partition coefficient (Wildman–Crippen LogP) is 2.60. The molecule has 0 spiro atoms. The molecule has 1 aromatic carbocycles. The number of aryl methyl sites for hydroxylation is 1. The van der Waals surface area contributed by atoms with E-state index in [2.05, 4.69) is 5.32 Å². The molecule has 0 heterocycles. The van der Waals surface area contributed by atoms with Crippen molar-refractivity contribution in [1.29, 1.82) is 0 Å². The zero-order valence-corrected chi connectivity index (χ0v) is 12.3. The summed E-state index contributed by atoms with van der Waals surface area (Å²) in [5.74, 6) is 0.197. The van der Waals surface area contributed by atoms with E-state index in [9.17, 15) is 8.42 Å². The second-order valence-electron chi connectivity index (χ2n) is 4.39. The van der Waals surface area contributed by atoms with E-state index in [4.69, 9.17) is 0 Å². The maximum atomic E-state index is 12.1. The zero-order valence-electron chi connectivity index (χ0n) is 11.5. The molecule has 0 aliphatic carbocycles. The minimum absolute atomic E-state index is 0.197. The number of rotatable bonds is 6. The first-order chi connectivity index (χ1) is 8.42. The minimum Gasteiger partial charge on any atom is -0.388 e. The standard InChI is InChI=1S/C13H22N2O2S/c1-5-6-9-18(16,17)15(4)12-8-7-11(2)13(10-12)14-3/h7-8,10,14H,5-6,9H2,1-4H3. The van der Waals surface area contributed by atoms with E-state index in [1.165, 1.54) is 4.31 Å². The van der Waals surface area contributed by atoms with E-state index in [1.54, 1.807) is 7.05 Å². The van der Waals surface area contributed by atoms with Gasteiger partial charge in [-0.25, -0.2) is 8.42 Å². The maximum Gasteiger partial charge on any atom is 0.234 e. The third-order valence-electron chi connectivity index (χ3n) is 3.03. The van der Waals surface area contributed by atoms with Gasteiger partial charge in [0.15, 0.2) is 0 Å². The van der Waals surface area contributed by atoms with Crippen LogP contribution in [0.3, 0.4) is 0 Å². The summed E-state index contributed by atoms with van der Waals surface area (Å²) in [5, 5.41) is 3.06. The van der Waals surface area contributed by atoms with Crippen LogP contribution in [0.15, 0.2) is 18.2 Å². The largest absolute Gasteiger partial charge is 0.388 e. The number of nitrogens with one attached hydrogen (secondary N) is 1.